The van der Waals surface area contributed by atoms with Gasteiger partial charge in [-0.25, -0.2) is 4.98 Å². The van der Waals surface area contributed by atoms with Crippen LogP contribution in [0.1, 0.15) is 37.8 Å². The summed E-state index contributed by atoms with van der Waals surface area (Å²) in [6, 6.07) is 5.76. The van der Waals surface area contributed by atoms with Crippen LogP contribution in [0.15, 0.2) is 18.2 Å². The average Bonchev–Trinajstić information content (AvgIpc) is 2.46. The molecule has 5 heteroatoms. The highest BCUT2D eigenvalue weighted by atomic mass is 32.2. The van der Waals surface area contributed by atoms with Crippen LogP contribution in [0.3, 0.4) is 0 Å². The molecule has 1 aromatic rings. The molecular formula is C14H21N3S2. The third-order valence-electron chi connectivity index (χ3n) is 3.79. The zero-order valence-electron chi connectivity index (χ0n) is 11.3. The first kappa shape index (κ1) is 14.6. The lowest BCUT2D eigenvalue weighted by Crippen LogP contribution is -2.35. The number of anilines is 1. The molecule has 1 aliphatic carbocycles. The highest BCUT2D eigenvalue weighted by Crippen LogP contribution is 2.38. The summed E-state index contributed by atoms with van der Waals surface area (Å²) in [6.45, 7) is 0.960. The van der Waals surface area contributed by atoms with E-state index in [4.69, 9.17) is 18.0 Å². The third-order valence-corrected chi connectivity index (χ3v) is 5.42. The third kappa shape index (κ3) is 3.83. The maximum atomic E-state index is 5.61. The zero-order chi connectivity index (χ0) is 13.7. The molecule has 3 N–H and O–H groups in total. The van der Waals surface area contributed by atoms with Gasteiger partial charge in [0.15, 0.2) is 0 Å². The normalized spacial score (nSPS) is 17.9. The number of nitrogens with one attached hydrogen (secondary N) is 1. The van der Waals surface area contributed by atoms with Gasteiger partial charge in [0.2, 0.25) is 0 Å². The Morgan fingerprint density at radius 2 is 2.16 bits per heavy atom. The molecule has 104 valence electrons. The van der Waals surface area contributed by atoms with Crippen molar-refractivity contribution < 1.29 is 0 Å². The second kappa shape index (κ2) is 6.57. The van der Waals surface area contributed by atoms with E-state index < -0.39 is 0 Å². The molecule has 1 aliphatic rings. The Hall–Kier alpha value is -0.810. The molecular weight excluding hydrogens is 274 g/mol. The fourth-order valence-corrected chi connectivity index (χ4v) is 3.60. The van der Waals surface area contributed by atoms with Crippen LogP contribution in [0.25, 0.3) is 0 Å². The molecule has 1 aromatic heterocycles. The number of pyridine rings is 1. The Kier molecular flexibility index (Phi) is 5.05. The lowest BCUT2D eigenvalue weighted by molar-refractivity contribution is 0.411. The smallest absolute Gasteiger partial charge is 0.126 e. The minimum Gasteiger partial charge on any atom is -0.388 e. The maximum absolute atomic E-state index is 5.61. The topological polar surface area (TPSA) is 50.9 Å². The fraction of sp³-hybridized carbons (Fsp3) is 0.571. The molecule has 2 rings (SSSR count). The molecule has 0 saturated heterocycles. The SMILES string of the molecule is CSC1(CNc2cccc(C(N)=S)n2)CCCCC1. The summed E-state index contributed by atoms with van der Waals surface area (Å²) in [5, 5.41) is 3.45. The van der Waals surface area contributed by atoms with Crippen molar-refractivity contribution in [3.63, 3.8) is 0 Å². The van der Waals surface area contributed by atoms with E-state index in [1.165, 1.54) is 32.1 Å². The summed E-state index contributed by atoms with van der Waals surface area (Å²) in [6.07, 6.45) is 8.83. The fourth-order valence-electron chi connectivity index (χ4n) is 2.57. The van der Waals surface area contributed by atoms with Crippen LogP contribution in [0, 0.1) is 0 Å². The number of thiocarbonyl (C=S) groups is 1. The minimum absolute atomic E-state index is 0.348. The number of aromatic nitrogens is 1. The van der Waals surface area contributed by atoms with Crippen molar-refractivity contribution in [3.8, 4) is 0 Å². The van der Waals surface area contributed by atoms with E-state index in [1.54, 1.807) is 0 Å². The molecule has 0 unspecified atom stereocenters. The van der Waals surface area contributed by atoms with Gasteiger partial charge in [0.05, 0.1) is 5.69 Å². The van der Waals surface area contributed by atoms with Crippen LogP contribution >= 0.6 is 24.0 Å². The first-order chi connectivity index (χ1) is 9.15. The highest BCUT2D eigenvalue weighted by Gasteiger charge is 2.30. The minimum atomic E-state index is 0.348. The van der Waals surface area contributed by atoms with Gasteiger partial charge in [0.1, 0.15) is 10.8 Å². The van der Waals surface area contributed by atoms with Gasteiger partial charge in [-0.1, -0.05) is 37.5 Å². The highest BCUT2D eigenvalue weighted by molar-refractivity contribution is 8.00. The Balaban J connectivity index is 2.00. The summed E-state index contributed by atoms with van der Waals surface area (Å²) in [7, 11) is 0. The lowest BCUT2D eigenvalue weighted by atomic mass is 9.88. The summed E-state index contributed by atoms with van der Waals surface area (Å²) in [4.78, 5) is 4.78. The number of hydrogen-bond donors (Lipinski definition) is 2. The van der Waals surface area contributed by atoms with Crippen molar-refractivity contribution in [3.05, 3.63) is 23.9 Å². The van der Waals surface area contributed by atoms with E-state index in [9.17, 15) is 0 Å². The van der Waals surface area contributed by atoms with Gasteiger partial charge >= 0.3 is 0 Å². The van der Waals surface area contributed by atoms with Crippen LogP contribution < -0.4 is 11.1 Å². The first-order valence-corrected chi connectivity index (χ1v) is 8.34. The predicted molar refractivity (Wildman–Crippen MR) is 87.9 cm³/mol. The van der Waals surface area contributed by atoms with Gasteiger partial charge < -0.3 is 11.1 Å². The van der Waals surface area contributed by atoms with Gasteiger partial charge in [-0.3, -0.25) is 0 Å². The van der Waals surface area contributed by atoms with E-state index in [-0.39, 0.29) is 0 Å². The molecule has 0 radical (unpaired) electrons. The molecule has 0 atom stereocenters. The van der Waals surface area contributed by atoms with Gasteiger partial charge in [0.25, 0.3) is 0 Å². The second-order valence-electron chi connectivity index (χ2n) is 5.07. The van der Waals surface area contributed by atoms with Gasteiger partial charge in [0, 0.05) is 11.3 Å². The Morgan fingerprint density at radius 3 is 2.79 bits per heavy atom. The quantitative estimate of drug-likeness (QED) is 0.817. The molecule has 0 bridgehead atoms. The predicted octanol–water partition coefficient (Wildman–Crippen LogP) is 3.19. The van der Waals surface area contributed by atoms with Gasteiger partial charge in [-0.05, 0) is 31.2 Å². The van der Waals surface area contributed by atoms with Crippen molar-refractivity contribution in [1.29, 1.82) is 0 Å². The summed E-state index contributed by atoms with van der Waals surface area (Å²) >= 11 is 6.94. The summed E-state index contributed by atoms with van der Waals surface area (Å²) in [5.74, 6) is 0.865. The van der Waals surface area contributed by atoms with Crippen LogP contribution in [0.5, 0.6) is 0 Å². The maximum Gasteiger partial charge on any atom is 0.126 e. The molecule has 0 amide bonds. The summed E-state index contributed by atoms with van der Waals surface area (Å²) < 4.78 is 0.360. The van der Waals surface area contributed by atoms with Crippen molar-refractivity contribution in [2.24, 2.45) is 5.73 Å². The molecule has 1 saturated carbocycles. The monoisotopic (exact) mass is 295 g/mol. The van der Waals surface area contributed by atoms with Crippen molar-refractivity contribution in [2.45, 2.75) is 36.9 Å². The van der Waals surface area contributed by atoms with Gasteiger partial charge in [-0.2, -0.15) is 11.8 Å². The first-order valence-electron chi connectivity index (χ1n) is 6.71. The number of nitrogens with zero attached hydrogens (tertiary/aromatic N) is 1. The molecule has 0 aliphatic heterocycles. The zero-order valence-corrected chi connectivity index (χ0v) is 12.9. The van der Waals surface area contributed by atoms with Crippen molar-refractivity contribution >= 4 is 34.8 Å². The molecule has 1 heterocycles. The molecule has 19 heavy (non-hydrogen) atoms. The molecule has 3 nitrogen and oxygen atoms in total. The van der Waals surface area contributed by atoms with E-state index in [2.05, 4.69) is 16.6 Å². The molecule has 1 fully saturated rings. The largest absolute Gasteiger partial charge is 0.388 e. The van der Waals surface area contributed by atoms with Crippen LogP contribution in [0.4, 0.5) is 5.82 Å². The van der Waals surface area contributed by atoms with E-state index >= 15 is 0 Å². The average molecular weight is 295 g/mol. The number of hydrogen-bond acceptors (Lipinski definition) is 4. The van der Waals surface area contributed by atoms with Crippen molar-refractivity contribution in [2.75, 3.05) is 18.1 Å². The number of thioether (sulfide) groups is 1. The lowest BCUT2D eigenvalue weighted by Gasteiger charge is -2.36. The Morgan fingerprint density at radius 1 is 1.42 bits per heavy atom. The van der Waals surface area contributed by atoms with E-state index in [1.807, 2.05) is 30.0 Å². The van der Waals surface area contributed by atoms with Crippen LogP contribution in [0.2, 0.25) is 0 Å². The standard InChI is InChI=1S/C14H21N3S2/c1-19-14(8-3-2-4-9-14)10-16-12-7-5-6-11(17-12)13(15)18/h5-7H,2-4,8-10H2,1H3,(H2,15,18)(H,16,17). The second-order valence-corrected chi connectivity index (χ2v) is 6.79. The van der Waals surface area contributed by atoms with Crippen LogP contribution in [-0.4, -0.2) is 27.5 Å². The van der Waals surface area contributed by atoms with Crippen molar-refractivity contribution in [1.82, 2.24) is 4.98 Å². The Labute approximate surface area is 124 Å². The summed E-state index contributed by atoms with van der Waals surface area (Å²) in [5.41, 5.74) is 6.29. The van der Waals surface area contributed by atoms with E-state index in [0.29, 0.717) is 15.4 Å². The van der Waals surface area contributed by atoms with Crippen LogP contribution in [-0.2, 0) is 0 Å². The number of rotatable bonds is 5. The Bertz CT molecular complexity index is 442. The molecule has 0 spiro atoms. The molecule has 0 aromatic carbocycles. The van der Waals surface area contributed by atoms with Gasteiger partial charge in [-0.15, -0.1) is 0 Å². The van der Waals surface area contributed by atoms with E-state index in [0.717, 1.165) is 12.4 Å². The number of nitrogens with two attached hydrogens (primary N) is 1.